The van der Waals surface area contributed by atoms with Gasteiger partial charge in [-0.3, -0.25) is 0 Å². The molecule has 1 aliphatic heterocycles. The van der Waals surface area contributed by atoms with Gasteiger partial charge in [-0.15, -0.1) is 11.3 Å². The van der Waals surface area contributed by atoms with E-state index >= 15 is 0 Å². The zero-order chi connectivity index (χ0) is 15.8. The van der Waals surface area contributed by atoms with Crippen molar-refractivity contribution in [3.05, 3.63) is 40.5 Å². The maximum atomic E-state index is 6.01. The molecule has 1 fully saturated rings. The van der Waals surface area contributed by atoms with Crippen LogP contribution in [-0.4, -0.2) is 28.0 Å². The molecule has 1 aliphatic rings. The zero-order valence-electron chi connectivity index (χ0n) is 12.4. The average molecular weight is 346 g/mol. The van der Waals surface area contributed by atoms with E-state index in [9.17, 15) is 0 Å². The number of rotatable bonds is 2. The van der Waals surface area contributed by atoms with Crippen LogP contribution in [0.25, 0.3) is 10.2 Å². The van der Waals surface area contributed by atoms with E-state index in [1.54, 1.807) is 17.4 Å². The summed E-state index contributed by atoms with van der Waals surface area (Å²) in [5.74, 6) is 1.43. The second kappa shape index (κ2) is 5.94. The van der Waals surface area contributed by atoms with E-state index < -0.39 is 0 Å². The fourth-order valence-electron chi connectivity index (χ4n) is 3.04. The van der Waals surface area contributed by atoms with Crippen molar-refractivity contribution in [1.29, 1.82) is 0 Å². The van der Waals surface area contributed by atoms with E-state index in [2.05, 4.69) is 33.1 Å². The number of fused-ring (bicyclic) bond motifs is 1. The lowest BCUT2D eigenvalue weighted by molar-refractivity contribution is 0.506. The van der Waals surface area contributed by atoms with E-state index in [-0.39, 0.29) is 5.95 Å². The van der Waals surface area contributed by atoms with Gasteiger partial charge in [0.25, 0.3) is 0 Å². The maximum Gasteiger partial charge on any atom is 0.223 e. The molecule has 23 heavy (non-hydrogen) atoms. The fourth-order valence-corrected chi connectivity index (χ4v) is 4.31. The smallest absolute Gasteiger partial charge is 0.223 e. The Morgan fingerprint density at radius 3 is 2.91 bits per heavy atom. The van der Waals surface area contributed by atoms with Crippen LogP contribution >= 0.6 is 22.9 Å². The first-order valence-electron chi connectivity index (χ1n) is 7.59. The Morgan fingerprint density at radius 2 is 2.09 bits per heavy atom. The predicted octanol–water partition coefficient (Wildman–Crippen LogP) is 3.71. The number of hydrogen-bond acceptors (Lipinski definition) is 6. The van der Waals surface area contributed by atoms with Gasteiger partial charge in [0.1, 0.15) is 11.0 Å². The number of nitrogens with two attached hydrogens (primary N) is 1. The van der Waals surface area contributed by atoms with Crippen molar-refractivity contribution in [1.82, 2.24) is 15.0 Å². The first-order chi connectivity index (χ1) is 11.2. The third kappa shape index (κ3) is 2.96. The van der Waals surface area contributed by atoms with Crippen LogP contribution in [0.1, 0.15) is 23.8 Å². The summed E-state index contributed by atoms with van der Waals surface area (Å²) >= 11 is 7.79. The molecule has 2 N–H and O–H groups in total. The molecule has 0 amide bonds. The second-order valence-electron chi connectivity index (χ2n) is 5.71. The molecule has 0 radical (unpaired) electrons. The Hall–Kier alpha value is -1.92. The highest BCUT2D eigenvalue weighted by atomic mass is 35.5. The van der Waals surface area contributed by atoms with Crippen molar-refractivity contribution in [3.8, 4) is 0 Å². The molecule has 1 saturated heterocycles. The highest BCUT2D eigenvalue weighted by Crippen LogP contribution is 2.34. The zero-order valence-corrected chi connectivity index (χ0v) is 14.0. The number of nitrogens with zero attached hydrogens (tertiary/aromatic N) is 4. The quantitative estimate of drug-likeness (QED) is 0.717. The first kappa shape index (κ1) is 14.7. The third-order valence-electron chi connectivity index (χ3n) is 4.10. The highest BCUT2D eigenvalue weighted by molar-refractivity contribution is 7.18. The molecular formula is C16H16ClN5S. The lowest BCUT2D eigenvalue weighted by atomic mass is 9.99. The second-order valence-corrected chi connectivity index (χ2v) is 7.16. The summed E-state index contributed by atoms with van der Waals surface area (Å²) in [6.45, 7) is 1.83. The summed E-state index contributed by atoms with van der Waals surface area (Å²) in [7, 11) is 0. The van der Waals surface area contributed by atoms with Gasteiger partial charge >= 0.3 is 0 Å². The predicted molar refractivity (Wildman–Crippen MR) is 95.3 cm³/mol. The van der Waals surface area contributed by atoms with Crippen molar-refractivity contribution >= 4 is 44.9 Å². The standard InChI is InChI=1S/C16H16ClN5S/c17-13-8-14(21-16(18)20-13)22-7-3-4-10(9-22)15-19-11-5-1-2-6-12(11)23-15/h1-2,5-6,8,10H,3-4,7,9H2,(H2,18,20,21)/t10-/m0/s1. The van der Waals surface area contributed by atoms with Gasteiger partial charge in [0.05, 0.1) is 15.2 Å². The molecule has 0 saturated carbocycles. The van der Waals surface area contributed by atoms with Gasteiger partial charge in [-0.1, -0.05) is 23.7 Å². The van der Waals surface area contributed by atoms with Crippen LogP contribution in [0.3, 0.4) is 0 Å². The third-order valence-corrected chi connectivity index (χ3v) is 5.50. The van der Waals surface area contributed by atoms with E-state index in [4.69, 9.17) is 22.3 Å². The minimum Gasteiger partial charge on any atom is -0.368 e. The minimum absolute atomic E-state index is 0.217. The summed E-state index contributed by atoms with van der Waals surface area (Å²) in [6, 6.07) is 10.1. The van der Waals surface area contributed by atoms with Crippen LogP contribution in [0, 0.1) is 0 Å². The molecule has 3 aromatic rings. The molecule has 0 unspecified atom stereocenters. The van der Waals surface area contributed by atoms with E-state index in [1.165, 1.54) is 9.71 Å². The van der Waals surface area contributed by atoms with Crippen LogP contribution in [0.4, 0.5) is 11.8 Å². The van der Waals surface area contributed by atoms with Crippen molar-refractivity contribution in [2.45, 2.75) is 18.8 Å². The van der Waals surface area contributed by atoms with Gasteiger partial charge in [-0.2, -0.15) is 4.98 Å². The van der Waals surface area contributed by atoms with Crippen molar-refractivity contribution < 1.29 is 0 Å². The first-order valence-corrected chi connectivity index (χ1v) is 8.79. The number of para-hydroxylation sites is 1. The van der Waals surface area contributed by atoms with Crippen LogP contribution in [0.2, 0.25) is 5.15 Å². The Bertz CT molecular complexity index is 796. The fraction of sp³-hybridized carbons (Fsp3) is 0.312. The number of piperidine rings is 1. The molecule has 0 bridgehead atoms. The lowest BCUT2D eigenvalue weighted by Gasteiger charge is -2.32. The monoisotopic (exact) mass is 345 g/mol. The van der Waals surface area contributed by atoms with Crippen LogP contribution in [-0.2, 0) is 0 Å². The number of hydrogen-bond donors (Lipinski definition) is 1. The van der Waals surface area contributed by atoms with Crippen LogP contribution in [0.5, 0.6) is 0 Å². The minimum atomic E-state index is 0.217. The molecule has 2 aromatic heterocycles. The molecule has 118 valence electrons. The molecule has 3 heterocycles. The molecule has 4 rings (SSSR count). The molecule has 1 atom stereocenters. The molecule has 0 spiro atoms. The summed E-state index contributed by atoms with van der Waals surface area (Å²) in [4.78, 5) is 15.3. The summed E-state index contributed by atoms with van der Waals surface area (Å²) < 4.78 is 1.24. The Balaban J connectivity index is 1.61. The number of nitrogen functional groups attached to an aromatic ring is 1. The van der Waals surface area contributed by atoms with Gasteiger partial charge < -0.3 is 10.6 Å². The number of thiazole rings is 1. The Morgan fingerprint density at radius 1 is 1.22 bits per heavy atom. The molecule has 0 aliphatic carbocycles. The number of benzene rings is 1. The molecule has 7 heteroatoms. The molecule has 5 nitrogen and oxygen atoms in total. The van der Waals surface area contributed by atoms with Crippen LogP contribution in [0.15, 0.2) is 30.3 Å². The number of aromatic nitrogens is 3. The SMILES string of the molecule is Nc1nc(Cl)cc(N2CCC[C@H](c3nc4ccccc4s3)C2)n1. The lowest BCUT2D eigenvalue weighted by Crippen LogP contribution is -2.35. The molecular weight excluding hydrogens is 330 g/mol. The van der Waals surface area contributed by atoms with Gasteiger partial charge in [-0.05, 0) is 25.0 Å². The van der Waals surface area contributed by atoms with E-state index in [1.807, 2.05) is 6.07 Å². The maximum absolute atomic E-state index is 6.01. The van der Waals surface area contributed by atoms with Gasteiger partial charge in [0.15, 0.2) is 0 Å². The van der Waals surface area contributed by atoms with Gasteiger partial charge in [0.2, 0.25) is 5.95 Å². The Kier molecular flexibility index (Phi) is 3.79. The van der Waals surface area contributed by atoms with E-state index in [0.717, 1.165) is 37.3 Å². The Labute approximate surface area is 143 Å². The molecule has 1 aromatic carbocycles. The summed E-state index contributed by atoms with van der Waals surface area (Å²) in [5, 5.41) is 1.58. The number of anilines is 2. The normalized spacial score (nSPS) is 18.5. The van der Waals surface area contributed by atoms with Crippen molar-refractivity contribution in [3.63, 3.8) is 0 Å². The van der Waals surface area contributed by atoms with Crippen LogP contribution < -0.4 is 10.6 Å². The van der Waals surface area contributed by atoms with E-state index in [0.29, 0.717) is 11.1 Å². The average Bonchev–Trinajstić information content (AvgIpc) is 2.98. The summed E-state index contributed by atoms with van der Waals surface area (Å²) in [5.41, 5.74) is 6.80. The summed E-state index contributed by atoms with van der Waals surface area (Å²) in [6.07, 6.45) is 2.24. The van der Waals surface area contributed by atoms with Crippen molar-refractivity contribution in [2.24, 2.45) is 0 Å². The largest absolute Gasteiger partial charge is 0.368 e. The highest BCUT2D eigenvalue weighted by Gasteiger charge is 2.25. The van der Waals surface area contributed by atoms with Gasteiger partial charge in [0, 0.05) is 25.1 Å². The van der Waals surface area contributed by atoms with Gasteiger partial charge in [-0.25, -0.2) is 9.97 Å². The topological polar surface area (TPSA) is 67.9 Å². The van der Waals surface area contributed by atoms with Crippen molar-refractivity contribution in [2.75, 3.05) is 23.7 Å². The number of halogens is 1.